The summed E-state index contributed by atoms with van der Waals surface area (Å²) < 4.78 is 20.2. The van der Waals surface area contributed by atoms with Gasteiger partial charge in [0, 0.05) is 25.8 Å². The van der Waals surface area contributed by atoms with E-state index in [4.69, 9.17) is 4.74 Å². The van der Waals surface area contributed by atoms with Gasteiger partial charge in [-0.2, -0.15) is 9.97 Å². The first-order chi connectivity index (χ1) is 18.8. The number of methoxy groups -OCH3 is 1. The molecule has 0 aliphatic carbocycles. The summed E-state index contributed by atoms with van der Waals surface area (Å²) in [6, 6.07) is 15.3. The van der Waals surface area contributed by atoms with Crippen molar-refractivity contribution in [1.29, 1.82) is 0 Å². The van der Waals surface area contributed by atoms with Gasteiger partial charge in [-0.05, 0) is 49.1 Å². The highest BCUT2D eigenvalue weighted by Gasteiger charge is 2.19. The molecule has 0 saturated carbocycles. The van der Waals surface area contributed by atoms with E-state index in [0.717, 1.165) is 23.5 Å². The van der Waals surface area contributed by atoms with E-state index in [0.29, 0.717) is 29.4 Å². The summed E-state index contributed by atoms with van der Waals surface area (Å²) in [7, 11) is 7.30. The van der Waals surface area contributed by atoms with Crippen molar-refractivity contribution in [1.82, 2.24) is 19.9 Å². The third kappa shape index (κ3) is 6.76. The normalized spacial score (nSPS) is 10.8. The molecule has 202 valence electrons. The van der Waals surface area contributed by atoms with Crippen molar-refractivity contribution in [3.63, 3.8) is 0 Å². The average Bonchev–Trinajstić information content (AvgIpc) is 2.93. The Labute approximate surface area is 226 Å². The maximum absolute atomic E-state index is 14.7. The van der Waals surface area contributed by atoms with Crippen molar-refractivity contribution in [2.75, 3.05) is 62.2 Å². The molecule has 4 rings (SSSR count). The van der Waals surface area contributed by atoms with Gasteiger partial charge in [-0.1, -0.05) is 36.9 Å². The Hall–Kier alpha value is -4.77. The average molecular weight is 531 g/mol. The number of hydrogen-bond acceptors (Lipinski definition) is 9. The third-order valence-electron chi connectivity index (χ3n) is 5.85. The number of likely N-dealkylation sites (N-methyl/N-ethyl adjacent to an activating group) is 2. The van der Waals surface area contributed by atoms with E-state index < -0.39 is 11.7 Å². The fourth-order valence-corrected chi connectivity index (χ4v) is 3.79. The molecule has 10 nitrogen and oxygen atoms in total. The molecular weight excluding hydrogens is 499 g/mol. The number of ether oxygens (including phenoxy) is 1. The summed E-state index contributed by atoms with van der Waals surface area (Å²) in [6.07, 6.45) is 2.25. The molecule has 0 unspecified atom stereocenters. The van der Waals surface area contributed by atoms with Gasteiger partial charge in [0.15, 0.2) is 17.5 Å². The highest BCUT2D eigenvalue weighted by molar-refractivity contribution is 6.01. The lowest BCUT2D eigenvalue weighted by molar-refractivity contribution is -0.111. The first-order valence-electron chi connectivity index (χ1n) is 12.2. The van der Waals surface area contributed by atoms with Crippen LogP contribution >= 0.6 is 0 Å². The smallest absolute Gasteiger partial charge is 0.247 e. The second-order valence-corrected chi connectivity index (χ2v) is 9.04. The van der Waals surface area contributed by atoms with Crippen LogP contribution in [0.3, 0.4) is 0 Å². The molecule has 0 bridgehead atoms. The van der Waals surface area contributed by atoms with Crippen molar-refractivity contribution < 1.29 is 13.9 Å². The first kappa shape index (κ1) is 27.3. The van der Waals surface area contributed by atoms with E-state index in [1.165, 1.54) is 13.2 Å². The van der Waals surface area contributed by atoms with Crippen LogP contribution in [-0.4, -0.2) is 67.1 Å². The van der Waals surface area contributed by atoms with E-state index in [9.17, 15) is 9.18 Å². The zero-order valence-electron chi connectivity index (χ0n) is 22.3. The molecule has 39 heavy (non-hydrogen) atoms. The fraction of sp³-hybridized carbons (Fsp3) is 0.214. The van der Waals surface area contributed by atoms with Crippen LogP contribution in [0.1, 0.15) is 0 Å². The lowest BCUT2D eigenvalue weighted by Crippen LogP contribution is -2.30. The third-order valence-corrected chi connectivity index (χ3v) is 5.85. The molecular formula is C28H31FN8O2. The quantitative estimate of drug-likeness (QED) is 0.236. The molecule has 3 N–H and O–H groups in total. The van der Waals surface area contributed by atoms with Gasteiger partial charge in [0.25, 0.3) is 0 Å². The Morgan fingerprint density at radius 3 is 2.51 bits per heavy atom. The summed E-state index contributed by atoms with van der Waals surface area (Å²) >= 11 is 0. The van der Waals surface area contributed by atoms with Crippen LogP contribution in [0.5, 0.6) is 5.88 Å². The highest BCUT2D eigenvalue weighted by atomic mass is 19.1. The molecule has 0 atom stereocenters. The maximum Gasteiger partial charge on any atom is 0.247 e. The number of pyridine rings is 1. The lowest BCUT2D eigenvalue weighted by Gasteiger charge is -2.24. The van der Waals surface area contributed by atoms with Gasteiger partial charge in [-0.3, -0.25) is 4.79 Å². The van der Waals surface area contributed by atoms with Crippen molar-refractivity contribution in [2.24, 2.45) is 0 Å². The Morgan fingerprint density at radius 2 is 1.79 bits per heavy atom. The topological polar surface area (TPSA) is 108 Å². The number of rotatable bonds is 11. The highest BCUT2D eigenvalue weighted by Crippen LogP contribution is 2.35. The molecule has 11 heteroatoms. The molecule has 4 aromatic rings. The predicted molar refractivity (Wildman–Crippen MR) is 154 cm³/mol. The van der Waals surface area contributed by atoms with Crippen molar-refractivity contribution in [2.45, 2.75) is 0 Å². The molecule has 0 spiro atoms. The summed E-state index contributed by atoms with van der Waals surface area (Å²) in [5.41, 5.74) is 1.49. The number of benzene rings is 2. The maximum atomic E-state index is 14.7. The number of fused-ring (bicyclic) bond motifs is 1. The minimum absolute atomic E-state index is 0.00469. The van der Waals surface area contributed by atoms with E-state index in [1.54, 1.807) is 6.07 Å². The fourth-order valence-electron chi connectivity index (χ4n) is 3.79. The second-order valence-electron chi connectivity index (χ2n) is 9.04. The van der Waals surface area contributed by atoms with Gasteiger partial charge < -0.3 is 30.5 Å². The van der Waals surface area contributed by atoms with Gasteiger partial charge in [0.1, 0.15) is 5.69 Å². The SMILES string of the molecule is C=CC(=O)Nc1cc(Nc2ncc(F)c(Nc3ccc4ccccc4c3)n2)c(OC)nc1N(C)CCN(C)C. The second kappa shape index (κ2) is 12.2. The standard InChI is InChI=1S/C28H31FN8O2/c1-6-24(38)32-22-16-23(27(39-5)35-26(22)37(4)14-13-36(2)3)33-28-30-17-21(29)25(34-28)31-20-12-11-18-9-7-8-10-19(18)15-20/h6-12,15-17H,1,13-14H2,2-5H3,(H,32,38)(H2,30,31,33,34). The Balaban J connectivity index is 1.64. The number of aromatic nitrogens is 3. The molecule has 2 heterocycles. The van der Waals surface area contributed by atoms with Crippen LogP contribution in [0, 0.1) is 5.82 Å². The lowest BCUT2D eigenvalue weighted by atomic mass is 10.1. The van der Waals surface area contributed by atoms with Crippen LogP contribution in [0.2, 0.25) is 0 Å². The summed E-state index contributed by atoms with van der Waals surface area (Å²) in [6.45, 7) is 4.95. The molecule has 2 aromatic heterocycles. The number of carbonyl (C=O) groups excluding carboxylic acids is 1. The van der Waals surface area contributed by atoms with Gasteiger partial charge in [-0.15, -0.1) is 0 Å². The molecule has 0 aliphatic rings. The van der Waals surface area contributed by atoms with Gasteiger partial charge in [0.05, 0.1) is 19.0 Å². The van der Waals surface area contributed by atoms with Crippen molar-refractivity contribution >= 4 is 51.3 Å². The molecule has 0 aliphatic heterocycles. The zero-order valence-corrected chi connectivity index (χ0v) is 22.3. The monoisotopic (exact) mass is 530 g/mol. The predicted octanol–water partition coefficient (Wildman–Crippen LogP) is 4.78. The Bertz CT molecular complexity index is 1490. The number of anilines is 6. The summed E-state index contributed by atoms with van der Waals surface area (Å²) in [5.74, 6) is -0.154. The van der Waals surface area contributed by atoms with E-state index in [1.807, 2.05) is 73.4 Å². The minimum atomic E-state index is -0.615. The van der Waals surface area contributed by atoms with Gasteiger partial charge in [-0.25, -0.2) is 9.37 Å². The Kier molecular flexibility index (Phi) is 8.52. The van der Waals surface area contributed by atoms with Crippen LogP contribution in [-0.2, 0) is 4.79 Å². The van der Waals surface area contributed by atoms with E-state index in [-0.39, 0.29) is 17.6 Å². The molecule has 0 saturated heterocycles. The van der Waals surface area contributed by atoms with Crippen LogP contribution < -0.4 is 25.6 Å². The number of halogens is 1. The number of amides is 1. The zero-order chi connectivity index (χ0) is 27.9. The molecule has 0 fully saturated rings. The van der Waals surface area contributed by atoms with Crippen molar-refractivity contribution in [3.05, 3.63) is 73.2 Å². The first-order valence-corrected chi connectivity index (χ1v) is 12.2. The van der Waals surface area contributed by atoms with E-state index >= 15 is 0 Å². The van der Waals surface area contributed by atoms with Crippen molar-refractivity contribution in [3.8, 4) is 5.88 Å². The largest absolute Gasteiger partial charge is 0.479 e. The summed E-state index contributed by atoms with van der Waals surface area (Å²) in [4.78, 5) is 29.1. The Morgan fingerprint density at radius 1 is 1.03 bits per heavy atom. The van der Waals surface area contributed by atoms with Crippen LogP contribution in [0.25, 0.3) is 10.8 Å². The van der Waals surface area contributed by atoms with Gasteiger partial charge >= 0.3 is 0 Å². The number of nitrogens with zero attached hydrogens (tertiary/aromatic N) is 5. The van der Waals surface area contributed by atoms with Gasteiger partial charge in [0.2, 0.25) is 17.7 Å². The van der Waals surface area contributed by atoms with Crippen LogP contribution in [0.15, 0.2) is 67.4 Å². The van der Waals surface area contributed by atoms with E-state index in [2.05, 4.69) is 37.5 Å². The summed E-state index contributed by atoms with van der Waals surface area (Å²) in [5, 5.41) is 10.9. The molecule has 0 radical (unpaired) electrons. The number of nitrogens with one attached hydrogen (secondary N) is 3. The molecule has 2 aromatic carbocycles. The molecule has 1 amide bonds. The minimum Gasteiger partial charge on any atom is -0.479 e. The van der Waals surface area contributed by atoms with Crippen LogP contribution in [0.4, 0.5) is 39.0 Å². The number of hydrogen-bond donors (Lipinski definition) is 3. The number of carbonyl (C=O) groups is 1.